The summed E-state index contributed by atoms with van der Waals surface area (Å²) >= 11 is 0. The van der Waals surface area contributed by atoms with Gasteiger partial charge in [0.25, 0.3) is 5.91 Å². The number of amides is 2. The molecular weight excluding hydrogens is 292 g/mol. The molecule has 2 N–H and O–H groups in total. The van der Waals surface area contributed by atoms with Crippen LogP contribution < -0.4 is 10.6 Å². The van der Waals surface area contributed by atoms with Crippen LogP contribution in [0.15, 0.2) is 43.1 Å². The van der Waals surface area contributed by atoms with E-state index in [0.717, 1.165) is 37.2 Å². The number of nitrogens with one attached hydrogen (secondary N) is 2. The molecule has 6 nitrogen and oxygen atoms in total. The predicted molar refractivity (Wildman–Crippen MR) is 88.4 cm³/mol. The van der Waals surface area contributed by atoms with E-state index in [1.54, 1.807) is 30.5 Å². The fourth-order valence-electron chi connectivity index (χ4n) is 2.65. The fourth-order valence-corrected chi connectivity index (χ4v) is 2.65. The molecule has 0 spiro atoms. The van der Waals surface area contributed by atoms with Crippen molar-refractivity contribution in [1.29, 1.82) is 0 Å². The molecule has 23 heavy (non-hydrogen) atoms. The molecule has 1 aliphatic rings. The Balaban J connectivity index is 1.76. The number of nitrogens with zero attached hydrogens (tertiary/aromatic N) is 2. The van der Waals surface area contributed by atoms with Crippen molar-refractivity contribution in [1.82, 2.24) is 9.78 Å². The van der Waals surface area contributed by atoms with Gasteiger partial charge in [-0.25, -0.2) is 0 Å². The first-order valence-electron chi connectivity index (χ1n) is 7.57. The van der Waals surface area contributed by atoms with Gasteiger partial charge in [0.05, 0.1) is 17.6 Å². The quantitative estimate of drug-likeness (QED) is 0.852. The number of anilines is 2. The Morgan fingerprint density at radius 3 is 2.96 bits per heavy atom. The molecule has 0 aliphatic carbocycles. The lowest BCUT2D eigenvalue weighted by molar-refractivity contribution is -0.111. The van der Waals surface area contributed by atoms with Gasteiger partial charge in [-0.1, -0.05) is 12.6 Å². The SMILES string of the molecule is C=CC(=O)Nc1cccc(C(=O)Nc2cnn3c2CCCC3)c1. The van der Waals surface area contributed by atoms with E-state index in [0.29, 0.717) is 11.3 Å². The van der Waals surface area contributed by atoms with Crippen LogP contribution in [0.4, 0.5) is 11.4 Å². The van der Waals surface area contributed by atoms with Crippen LogP contribution in [-0.4, -0.2) is 21.6 Å². The van der Waals surface area contributed by atoms with Gasteiger partial charge < -0.3 is 10.6 Å². The largest absolute Gasteiger partial charge is 0.323 e. The number of rotatable bonds is 4. The molecule has 0 saturated carbocycles. The highest BCUT2D eigenvalue weighted by atomic mass is 16.2. The Hall–Kier alpha value is -2.89. The van der Waals surface area contributed by atoms with Crippen molar-refractivity contribution in [2.45, 2.75) is 25.8 Å². The molecular formula is C17H18N4O2. The van der Waals surface area contributed by atoms with Crippen molar-refractivity contribution in [3.63, 3.8) is 0 Å². The first-order valence-corrected chi connectivity index (χ1v) is 7.57. The van der Waals surface area contributed by atoms with E-state index in [4.69, 9.17) is 0 Å². The lowest BCUT2D eigenvalue weighted by Crippen LogP contribution is -2.16. The smallest absolute Gasteiger partial charge is 0.255 e. The summed E-state index contributed by atoms with van der Waals surface area (Å²) in [4.78, 5) is 23.8. The van der Waals surface area contributed by atoms with Crippen molar-refractivity contribution < 1.29 is 9.59 Å². The third-order valence-electron chi connectivity index (χ3n) is 3.81. The molecule has 0 atom stereocenters. The van der Waals surface area contributed by atoms with Gasteiger partial charge in [0.15, 0.2) is 0 Å². The van der Waals surface area contributed by atoms with Crippen LogP contribution >= 0.6 is 0 Å². The van der Waals surface area contributed by atoms with Gasteiger partial charge in [0, 0.05) is 17.8 Å². The van der Waals surface area contributed by atoms with E-state index in [9.17, 15) is 9.59 Å². The van der Waals surface area contributed by atoms with Crippen molar-refractivity contribution >= 4 is 23.2 Å². The third kappa shape index (κ3) is 3.31. The van der Waals surface area contributed by atoms with E-state index in [2.05, 4.69) is 22.3 Å². The molecule has 0 fully saturated rings. The van der Waals surface area contributed by atoms with Crippen LogP contribution in [0.5, 0.6) is 0 Å². The summed E-state index contributed by atoms with van der Waals surface area (Å²) in [5.74, 6) is -0.533. The number of carbonyl (C=O) groups excluding carboxylic acids is 2. The van der Waals surface area contributed by atoms with E-state index in [1.807, 2.05) is 4.68 Å². The molecule has 118 valence electrons. The van der Waals surface area contributed by atoms with Crippen molar-refractivity contribution in [2.24, 2.45) is 0 Å². The minimum Gasteiger partial charge on any atom is -0.323 e. The lowest BCUT2D eigenvalue weighted by Gasteiger charge is -2.15. The van der Waals surface area contributed by atoms with Gasteiger partial charge in [-0.3, -0.25) is 14.3 Å². The second kappa shape index (κ2) is 6.48. The number of aromatic nitrogens is 2. The Morgan fingerprint density at radius 2 is 2.13 bits per heavy atom. The Morgan fingerprint density at radius 1 is 1.26 bits per heavy atom. The van der Waals surface area contributed by atoms with Crippen molar-refractivity contribution in [2.75, 3.05) is 10.6 Å². The lowest BCUT2D eigenvalue weighted by atomic mass is 10.1. The van der Waals surface area contributed by atoms with Crippen LogP contribution in [0.2, 0.25) is 0 Å². The van der Waals surface area contributed by atoms with E-state index >= 15 is 0 Å². The summed E-state index contributed by atoms with van der Waals surface area (Å²) in [5.41, 5.74) is 2.86. The number of benzene rings is 1. The minimum atomic E-state index is -0.312. The maximum Gasteiger partial charge on any atom is 0.255 e. The van der Waals surface area contributed by atoms with Gasteiger partial charge in [0.2, 0.25) is 5.91 Å². The molecule has 2 amide bonds. The molecule has 0 unspecified atom stereocenters. The van der Waals surface area contributed by atoms with Gasteiger partial charge in [-0.15, -0.1) is 0 Å². The zero-order chi connectivity index (χ0) is 16.2. The van der Waals surface area contributed by atoms with Gasteiger partial charge in [-0.2, -0.15) is 5.10 Å². The highest BCUT2D eigenvalue weighted by Crippen LogP contribution is 2.23. The second-order valence-electron chi connectivity index (χ2n) is 5.41. The van der Waals surface area contributed by atoms with Gasteiger partial charge in [0.1, 0.15) is 0 Å². The summed E-state index contributed by atoms with van der Waals surface area (Å²) in [5, 5.41) is 9.85. The average Bonchev–Trinajstić information content (AvgIpc) is 2.98. The average molecular weight is 310 g/mol. The van der Waals surface area contributed by atoms with Crippen molar-refractivity contribution in [3.05, 3.63) is 54.4 Å². The highest BCUT2D eigenvalue weighted by molar-refractivity contribution is 6.06. The van der Waals surface area contributed by atoms with Crippen molar-refractivity contribution in [3.8, 4) is 0 Å². The summed E-state index contributed by atoms with van der Waals surface area (Å²) < 4.78 is 1.94. The second-order valence-corrected chi connectivity index (χ2v) is 5.41. The van der Waals surface area contributed by atoms with Crippen LogP contribution in [0.1, 0.15) is 28.9 Å². The zero-order valence-corrected chi connectivity index (χ0v) is 12.7. The molecule has 6 heteroatoms. The van der Waals surface area contributed by atoms with E-state index < -0.39 is 0 Å². The monoisotopic (exact) mass is 310 g/mol. The van der Waals surface area contributed by atoms with Crippen LogP contribution in [0.3, 0.4) is 0 Å². The first kappa shape index (κ1) is 15.0. The Kier molecular flexibility index (Phi) is 4.23. The van der Waals surface area contributed by atoms with Crippen LogP contribution in [-0.2, 0) is 17.8 Å². The number of aryl methyl sites for hydroxylation is 1. The summed E-state index contributed by atoms with van der Waals surface area (Å²) in [7, 11) is 0. The van der Waals surface area contributed by atoms with E-state index in [1.165, 1.54) is 6.08 Å². The molecule has 2 aromatic rings. The topological polar surface area (TPSA) is 76.0 Å². The minimum absolute atomic E-state index is 0.221. The third-order valence-corrected chi connectivity index (χ3v) is 3.81. The standard InChI is InChI=1S/C17H18N4O2/c1-2-16(22)19-13-7-5-6-12(10-13)17(23)20-14-11-18-21-9-4-3-8-15(14)21/h2,5-7,10-11H,1,3-4,8-9H2,(H,19,22)(H,20,23). The Labute approximate surface area is 134 Å². The van der Waals surface area contributed by atoms with Crippen LogP contribution in [0, 0.1) is 0 Å². The molecule has 0 bridgehead atoms. The summed E-state index contributed by atoms with van der Waals surface area (Å²) in [6.07, 6.45) is 6.03. The van der Waals surface area contributed by atoms with Gasteiger partial charge >= 0.3 is 0 Å². The molecule has 1 aromatic heterocycles. The maximum absolute atomic E-state index is 12.4. The number of fused-ring (bicyclic) bond motifs is 1. The number of carbonyl (C=O) groups is 2. The number of hydrogen-bond donors (Lipinski definition) is 2. The maximum atomic E-state index is 12.4. The summed E-state index contributed by atoms with van der Waals surface area (Å²) in [6.45, 7) is 4.30. The molecule has 1 aliphatic heterocycles. The fraction of sp³-hybridized carbons (Fsp3) is 0.235. The predicted octanol–water partition coefficient (Wildman–Crippen LogP) is 2.60. The summed E-state index contributed by atoms with van der Waals surface area (Å²) in [6, 6.07) is 6.78. The van der Waals surface area contributed by atoms with Crippen LogP contribution in [0.25, 0.3) is 0 Å². The molecule has 3 rings (SSSR count). The zero-order valence-electron chi connectivity index (χ0n) is 12.7. The molecule has 0 saturated heterocycles. The highest BCUT2D eigenvalue weighted by Gasteiger charge is 2.17. The first-order chi connectivity index (χ1) is 11.2. The van der Waals surface area contributed by atoms with Gasteiger partial charge in [-0.05, 0) is 43.5 Å². The molecule has 2 heterocycles. The number of hydrogen-bond acceptors (Lipinski definition) is 3. The normalized spacial score (nSPS) is 13.0. The molecule has 0 radical (unpaired) electrons. The Bertz CT molecular complexity index is 764. The van der Waals surface area contributed by atoms with E-state index in [-0.39, 0.29) is 11.8 Å². The molecule has 1 aromatic carbocycles.